The summed E-state index contributed by atoms with van der Waals surface area (Å²) in [6, 6.07) is 6.09. The molecule has 1 aromatic carbocycles. The average Bonchev–Trinajstić information content (AvgIpc) is 2.18. The predicted molar refractivity (Wildman–Crippen MR) is 62.9 cm³/mol. The van der Waals surface area contributed by atoms with Gasteiger partial charge in [-0.05, 0) is 44.6 Å². The molecule has 1 aromatic rings. The van der Waals surface area contributed by atoms with Crippen LogP contribution in [0.4, 0.5) is 0 Å². The van der Waals surface area contributed by atoms with Gasteiger partial charge in [-0.25, -0.2) is 0 Å². The zero-order valence-corrected chi connectivity index (χ0v) is 10.2. The van der Waals surface area contributed by atoms with E-state index >= 15 is 0 Å². The highest BCUT2D eigenvalue weighted by atomic mass is 79.9. The third-order valence-electron chi connectivity index (χ3n) is 1.98. The minimum atomic E-state index is 0.762. The van der Waals surface area contributed by atoms with Crippen LogP contribution in [0.5, 0.6) is 5.75 Å². The molecule has 0 aliphatic carbocycles. The second-order valence-electron chi connectivity index (χ2n) is 3.22. The van der Waals surface area contributed by atoms with Crippen LogP contribution >= 0.6 is 15.9 Å². The molecule has 0 radical (unpaired) electrons. The van der Waals surface area contributed by atoms with E-state index in [1.54, 1.807) is 0 Å². The summed E-state index contributed by atoms with van der Waals surface area (Å²) in [5, 5.41) is 3.09. The topological polar surface area (TPSA) is 21.3 Å². The quantitative estimate of drug-likeness (QED) is 0.820. The summed E-state index contributed by atoms with van der Waals surface area (Å²) in [5.74, 6) is 0.968. The first-order chi connectivity index (χ1) is 6.74. The summed E-state index contributed by atoms with van der Waals surface area (Å²) < 4.78 is 6.71. The number of nitrogens with one attached hydrogen (secondary N) is 1. The number of rotatable bonds is 5. The Morgan fingerprint density at radius 3 is 2.93 bits per heavy atom. The Balaban J connectivity index is 2.45. The van der Waals surface area contributed by atoms with Gasteiger partial charge in [0.15, 0.2) is 0 Å². The highest BCUT2D eigenvalue weighted by molar-refractivity contribution is 9.10. The predicted octanol–water partition coefficient (Wildman–Crippen LogP) is 2.75. The smallest absolute Gasteiger partial charge is 0.123 e. The molecular weight excluding hydrogens is 242 g/mol. The summed E-state index contributed by atoms with van der Waals surface area (Å²) in [6.07, 6.45) is 1.03. The fourth-order valence-corrected chi connectivity index (χ4v) is 1.50. The molecule has 0 spiro atoms. The third-order valence-corrected chi connectivity index (χ3v) is 2.47. The molecule has 0 atom stereocenters. The minimum Gasteiger partial charge on any atom is -0.493 e. The fourth-order valence-electron chi connectivity index (χ4n) is 1.16. The molecule has 78 valence electrons. The van der Waals surface area contributed by atoms with Crippen molar-refractivity contribution in [2.45, 2.75) is 13.3 Å². The zero-order valence-electron chi connectivity index (χ0n) is 8.64. The van der Waals surface area contributed by atoms with Gasteiger partial charge in [0.1, 0.15) is 5.75 Å². The van der Waals surface area contributed by atoms with Crippen molar-refractivity contribution in [3.63, 3.8) is 0 Å². The molecule has 0 fully saturated rings. The van der Waals surface area contributed by atoms with E-state index < -0.39 is 0 Å². The van der Waals surface area contributed by atoms with Crippen LogP contribution in [-0.2, 0) is 0 Å². The van der Waals surface area contributed by atoms with Crippen molar-refractivity contribution in [1.29, 1.82) is 0 Å². The lowest BCUT2D eigenvalue weighted by Crippen LogP contribution is -2.11. The van der Waals surface area contributed by atoms with E-state index in [4.69, 9.17) is 4.74 Å². The van der Waals surface area contributed by atoms with Crippen LogP contribution in [0.25, 0.3) is 0 Å². The molecule has 1 rings (SSSR count). The van der Waals surface area contributed by atoms with Gasteiger partial charge in [-0.3, -0.25) is 0 Å². The normalized spacial score (nSPS) is 10.2. The van der Waals surface area contributed by atoms with Crippen molar-refractivity contribution in [3.8, 4) is 5.75 Å². The number of hydrogen-bond donors (Lipinski definition) is 1. The van der Waals surface area contributed by atoms with Crippen LogP contribution in [0, 0.1) is 6.92 Å². The van der Waals surface area contributed by atoms with E-state index in [2.05, 4.69) is 34.2 Å². The standard InChI is InChI=1S/C11H16BrNO/c1-9-4-5-10(12)8-11(9)14-7-3-6-13-2/h4-5,8,13H,3,6-7H2,1-2H3. The van der Waals surface area contributed by atoms with E-state index in [9.17, 15) is 0 Å². The number of aryl methyl sites for hydroxylation is 1. The van der Waals surface area contributed by atoms with Crippen molar-refractivity contribution in [1.82, 2.24) is 5.32 Å². The third kappa shape index (κ3) is 3.68. The van der Waals surface area contributed by atoms with E-state index in [1.807, 2.05) is 19.2 Å². The summed E-state index contributed by atoms with van der Waals surface area (Å²) in [4.78, 5) is 0. The first kappa shape index (κ1) is 11.5. The summed E-state index contributed by atoms with van der Waals surface area (Å²) >= 11 is 3.43. The van der Waals surface area contributed by atoms with Crippen LogP contribution < -0.4 is 10.1 Å². The molecule has 1 N–H and O–H groups in total. The molecule has 0 saturated carbocycles. The maximum absolute atomic E-state index is 5.65. The minimum absolute atomic E-state index is 0.762. The Labute approximate surface area is 93.8 Å². The number of halogens is 1. The van der Waals surface area contributed by atoms with Crippen LogP contribution in [0.15, 0.2) is 22.7 Å². The van der Waals surface area contributed by atoms with Crippen LogP contribution in [-0.4, -0.2) is 20.2 Å². The van der Waals surface area contributed by atoms with Crippen molar-refractivity contribution in [2.24, 2.45) is 0 Å². The van der Waals surface area contributed by atoms with Crippen LogP contribution in [0.2, 0.25) is 0 Å². The second kappa shape index (κ2) is 6.04. The van der Waals surface area contributed by atoms with E-state index in [0.717, 1.165) is 29.8 Å². The highest BCUT2D eigenvalue weighted by Crippen LogP contribution is 2.22. The lowest BCUT2D eigenvalue weighted by atomic mass is 10.2. The lowest BCUT2D eigenvalue weighted by molar-refractivity contribution is 0.307. The number of ether oxygens (including phenoxy) is 1. The number of hydrogen-bond acceptors (Lipinski definition) is 2. The highest BCUT2D eigenvalue weighted by Gasteiger charge is 1.99. The molecule has 3 heteroatoms. The van der Waals surface area contributed by atoms with E-state index in [1.165, 1.54) is 5.56 Å². The molecule has 0 saturated heterocycles. The summed E-state index contributed by atoms with van der Waals surface area (Å²) in [7, 11) is 1.95. The second-order valence-corrected chi connectivity index (χ2v) is 4.13. The first-order valence-electron chi connectivity index (χ1n) is 4.77. The van der Waals surface area contributed by atoms with Gasteiger partial charge in [0.25, 0.3) is 0 Å². The maximum atomic E-state index is 5.65. The van der Waals surface area contributed by atoms with Gasteiger partial charge in [-0.1, -0.05) is 22.0 Å². The van der Waals surface area contributed by atoms with Crippen molar-refractivity contribution >= 4 is 15.9 Å². The first-order valence-corrected chi connectivity index (χ1v) is 5.57. The van der Waals surface area contributed by atoms with E-state index in [0.29, 0.717) is 0 Å². The van der Waals surface area contributed by atoms with Crippen LogP contribution in [0.1, 0.15) is 12.0 Å². The zero-order chi connectivity index (χ0) is 10.4. The van der Waals surface area contributed by atoms with Gasteiger partial charge in [0.2, 0.25) is 0 Å². The molecular formula is C11H16BrNO. The molecule has 0 aliphatic heterocycles. The van der Waals surface area contributed by atoms with Crippen molar-refractivity contribution < 1.29 is 4.74 Å². The van der Waals surface area contributed by atoms with Gasteiger partial charge < -0.3 is 10.1 Å². The lowest BCUT2D eigenvalue weighted by Gasteiger charge is -2.09. The van der Waals surface area contributed by atoms with Crippen molar-refractivity contribution in [2.75, 3.05) is 20.2 Å². The Morgan fingerprint density at radius 2 is 2.21 bits per heavy atom. The Kier molecular flexibility index (Phi) is 4.98. The van der Waals surface area contributed by atoms with Gasteiger partial charge in [-0.2, -0.15) is 0 Å². The van der Waals surface area contributed by atoms with Gasteiger partial charge >= 0.3 is 0 Å². The molecule has 0 unspecified atom stereocenters. The molecule has 14 heavy (non-hydrogen) atoms. The average molecular weight is 258 g/mol. The summed E-state index contributed by atoms with van der Waals surface area (Å²) in [6.45, 7) is 3.81. The molecule has 0 aromatic heterocycles. The molecule has 0 aliphatic rings. The number of benzene rings is 1. The molecule has 0 amide bonds. The molecule has 0 heterocycles. The molecule has 0 bridgehead atoms. The fraction of sp³-hybridized carbons (Fsp3) is 0.455. The van der Waals surface area contributed by atoms with E-state index in [-0.39, 0.29) is 0 Å². The van der Waals surface area contributed by atoms with Gasteiger partial charge in [-0.15, -0.1) is 0 Å². The Morgan fingerprint density at radius 1 is 1.43 bits per heavy atom. The van der Waals surface area contributed by atoms with Gasteiger partial charge in [0, 0.05) is 4.47 Å². The Hall–Kier alpha value is -0.540. The monoisotopic (exact) mass is 257 g/mol. The van der Waals surface area contributed by atoms with Gasteiger partial charge in [0.05, 0.1) is 6.61 Å². The summed E-state index contributed by atoms with van der Waals surface area (Å²) in [5.41, 5.74) is 1.18. The van der Waals surface area contributed by atoms with Crippen molar-refractivity contribution in [3.05, 3.63) is 28.2 Å². The van der Waals surface area contributed by atoms with Crippen LogP contribution in [0.3, 0.4) is 0 Å². The Bertz CT molecular complexity index is 289. The molecule has 2 nitrogen and oxygen atoms in total. The maximum Gasteiger partial charge on any atom is 0.123 e. The largest absolute Gasteiger partial charge is 0.493 e. The SMILES string of the molecule is CNCCCOc1cc(Br)ccc1C.